The lowest BCUT2D eigenvalue weighted by Crippen LogP contribution is -2.41. The highest BCUT2D eigenvalue weighted by molar-refractivity contribution is 5.66. The molecule has 0 radical (unpaired) electrons. The summed E-state index contributed by atoms with van der Waals surface area (Å²) in [7, 11) is 0. The molecule has 5 rings (SSSR count). The molecule has 8 nitrogen and oxygen atoms in total. The van der Waals surface area contributed by atoms with Crippen LogP contribution < -0.4 is 4.74 Å². The molecule has 0 amide bonds. The van der Waals surface area contributed by atoms with Gasteiger partial charge in [-0.15, -0.1) is 0 Å². The van der Waals surface area contributed by atoms with E-state index in [1.54, 1.807) is 0 Å². The second-order valence-corrected chi connectivity index (χ2v) is 9.18. The van der Waals surface area contributed by atoms with E-state index in [4.69, 9.17) is 28.4 Å². The molecule has 1 aromatic carbocycles. The normalized spacial score (nSPS) is 36.7. The molecular formula is C25H32O8. The van der Waals surface area contributed by atoms with Gasteiger partial charge in [-0.2, -0.15) is 0 Å². The Hall–Kier alpha value is -1.97. The molecular weight excluding hydrogens is 428 g/mol. The minimum Gasteiger partial charge on any atom is -0.462 e. The molecule has 180 valence electrons. The van der Waals surface area contributed by atoms with Gasteiger partial charge in [0, 0.05) is 37.9 Å². The van der Waals surface area contributed by atoms with E-state index in [1.807, 2.05) is 36.4 Å². The Bertz CT molecular complexity index is 851. The molecule has 8 atom stereocenters. The zero-order valence-electron chi connectivity index (χ0n) is 18.8. The zero-order chi connectivity index (χ0) is 22.8. The van der Waals surface area contributed by atoms with Crippen LogP contribution in [0.15, 0.2) is 36.4 Å². The Labute approximate surface area is 193 Å². The van der Waals surface area contributed by atoms with E-state index >= 15 is 0 Å². The quantitative estimate of drug-likeness (QED) is 0.512. The molecule has 1 aromatic rings. The largest absolute Gasteiger partial charge is 0.462 e. The maximum Gasteiger partial charge on any atom is 0.302 e. The number of ether oxygens (including phenoxy) is 6. The van der Waals surface area contributed by atoms with Gasteiger partial charge in [-0.1, -0.05) is 30.4 Å². The fraction of sp³-hybridized carbons (Fsp3) is 0.640. The third-order valence-corrected chi connectivity index (χ3v) is 6.85. The maximum absolute atomic E-state index is 11.7. The van der Waals surface area contributed by atoms with Crippen molar-refractivity contribution in [2.75, 3.05) is 6.61 Å². The Morgan fingerprint density at radius 2 is 2.09 bits per heavy atom. The highest BCUT2D eigenvalue weighted by Crippen LogP contribution is 2.45. The number of benzene rings is 1. The van der Waals surface area contributed by atoms with Gasteiger partial charge in [-0.05, 0) is 31.2 Å². The predicted octanol–water partition coefficient (Wildman–Crippen LogP) is 3.06. The molecule has 33 heavy (non-hydrogen) atoms. The molecule has 0 bridgehead atoms. The van der Waals surface area contributed by atoms with Gasteiger partial charge in [-0.25, -0.2) is 0 Å². The number of para-hydroxylation sites is 1. The highest BCUT2D eigenvalue weighted by Gasteiger charge is 2.50. The molecule has 0 aromatic heterocycles. The van der Waals surface area contributed by atoms with Crippen molar-refractivity contribution in [3.8, 4) is 5.75 Å². The van der Waals surface area contributed by atoms with Crippen molar-refractivity contribution in [2.45, 2.75) is 82.8 Å². The zero-order valence-corrected chi connectivity index (χ0v) is 18.8. The summed E-state index contributed by atoms with van der Waals surface area (Å²) in [5, 5.41) is 9.98. The SMILES string of the molecule is CC(=O)O[C@@H]1C[C@@H]2OC(O)C[C@@H]2[C@H]1C=C[C@@H](OC1CCCCO1)C1OCc2ccccc2O1. The van der Waals surface area contributed by atoms with Crippen LogP contribution in [0.2, 0.25) is 0 Å². The Morgan fingerprint density at radius 3 is 2.91 bits per heavy atom. The van der Waals surface area contributed by atoms with Crippen LogP contribution in [-0.4, -0.2) is 54.9 Å². The number of rotatable bonds is 6. The van der Waals surface area contributed by atoms with E-state index in [1.165, 1.54) is 6.92 Å². The van der Waals surface area contributed by atoms with Crippen LogP contribution in [0.1, 0.15) is 44.6 Å². The first-order valence-electron chi connectivity index (χ1n) is 11.9. The number of hydrogen-bond donors (Lipinski definition) is 1. The van der Waals surface area contributed by atoms with Gasteiger partial charge in [-0.3, -0.25) is 4.79 Å². The number of fused-ring (bicyclic) bond motifs is 2. The summed E-state index contributed by atoms with van der Waals surface area (Å²) in [6.45, 7) is 2.52. The molecule has 8 heteroatoms. The smallest absolute Gasteiger partial charge is 0.302 e. The van der Waals surface area contributed by atoms with Crippen molar-refractivity contribution in [1.29, 1.82) is 0 Å². The summed E-state index contributed by atoms with van der Waals surface area (Å²) in [6.07, 6.45) is 5.25. The van der Waals surface area contributed by atoms with Gasteiger partial charge in [0.1, 0.15) is 18.0 Å². The summed E-state index contributed by atoms with van der Waals surface area (Å²) >= 11 is 0. The van der Waals surface area contributed by atoms with Crippen molar-refractivity contribution >= 4 is 5.97 Å². The van der Waals surface area contributed by atoms with E-state index in [0.717, 1.165) is 30.6 Å². The first-order valence-corrected chi connectivity index (χ1v) is 11.9. The van der Waals surface area contributed by atoms with Crippen molar-refractivity contribution in [3.05, 3.63) is 42.0 Å². The standard InChI is InChI=1S/C25H32O8/c1-15(26)30-21-13-22-18(12-23(27)31-22)17(21)9-10-20(32-24-8-4-5-11-28-24)25-29-14-16-6-2-3-7-19(16)33-25/h2-3,6-7,9-10,17-18,20-25,27H,4-5,8,11-14H2,1H3/t17-,18-,20-,21-,22+,23?,24?,25?/m1/s1. The second-order valence-electron chi connectivity index (χ2n) is 9.18. The Kier molecular flexibility index (Phi) is 6.99. The summed E-state index contributed by atoms with van der Waals surface area (Å²) < 4.78 is 35.5. The van der Waals surface area contributed by atoms with E-state index in [9.17, 15) is 9.90 Å². The molecule has 3 heterocycles. The summed E-state index contributed by atoms with van der Waals surface area (Å²) in [6, 6.07) is 7.80. The minimum absolute atomic E-state index is 0.0705. The topological polar surface area (TPSA) is 92.7 Å². The van der Waals surface area contributed by atoms with Gasteiger partial charge in [0.15, 0.2) is 12.6 Å². The third kappa shape index (κ3) is 5.25. The maximum atomic E-state index is 11.7. The van der Waals surface area contributed by atoms with Crippen molar-refractivity contribution in [1.82, 2.24) is 0 Å². The lowest BCUT2D eigenvalue weighted by molar-refractivity contribution is -0.236. The van der Waals surface area contributed by atoms with E-state index in [0.29, 0.717) is 26.1 Å². The van der Waals surface area contributed by atoms with Gasteiger partial charge in [0.05, 0.1) is 12.7 Å². The van der Waals surface area contributed by atoms with Crippen molar-refractivity contribution in [2.24, 2.45) is 11.8 Å². The molecule has 1 saturated carbocycles. The Morgan fingerprint density at radius 1 is 1.21 bits per heavy atom. The number of aliphatic hydroxyl groups is 1. The second kappa shape index (κ2) is 10.1. The van der Waals surface area contributed by atoms with Gasteiger partial charge >= 0.3 is 5.97 Å². The van der Waals surface area contributed by atoms with Crippen molar-refractivity contribution in [3.63, 3.8) is 0 Å². The molecule has 0 spiro atoms. The fourth-order valence-electron chi connectivity index (χ4n) is 5.31. The van der Waals surface area contributed by atoms with Crippen LogP contribution in [0.25, 0.3) is 0 Å². The number of hydrogen-bond acceptors (Lipinski definition) is 8. The lowest BCUT2D eigenvalue weighted by atomic mass is 9.91. The first kappa shape index (κ1) is 22.8. The highest BCUT2D eigenvalue weighted by atomic mass is 16.7. The van der Waals surface area contributed by atoms with E-state index in [-0.39, 0.29) is 36.3 Å². The van der Waals surface area contributed by atoms with Crippen molar-refractivity contribution < 1.29 is 38.3 Å². The van der Waals surface area contributed by atoms with Gasteiger partial charge in [0.2, 0.25) is 6.29 Å². The number of esters is 1. The summed E-state index contributed by atoms with van der Waals surface area (Å²) in [5.41, 5.74) is 0.996. The monoisotopic (exact) mass is 460 g/mol. The minimum atomic E-state index is -0.779. The summed E-state index contributed by atoms with van der Waals surface area (Å²) in [5.74, 6) is 0.440. The van der Waals surface area contributed by atoms with E-state index < -0.39 is 18.7 Å². The van der Waals surface area contributed by atoms with Crippen LogP contribution in [0.5, 0.6) is 5.75 Å². The predicted molar refractivity (Wildman–Crippen MR) is 116 cm³/mol. The number of carbonyl (C=O) groups is 1. The molecule has 1 N–H and O–H groups in total. The summed E-state index contributed by atoms with van der Waals surface area (Å²) in [4.78, 5) is 11.7. The van der Waals surface area contributed by atoms with Crippen LogP contribution in [-0.2, 0) is 35.1 Å². The average molecular weight is 461 g/mol. The third-order valence-electron chi connectivity index (χ3n) is 6.85. The van der Waals surface area contributed by atoms with Crippen LogP contribution in [0.3, 0.4) is 0 Å². The molecule has 2 saturated heterocycles. The Balaban J connectivity index is 1.35. The molecule has 3 unspecified atom stereocenters. The molecule has 1 aliphatic carbocycles. The van der Waals surface area contributed by atoms with Crippen LogP contribution >= 0.6 is 0 Å². The molecule has 3 aliphatic heterocycles. The molecule has 3 fully saturated rings. The average Bonchev–Trinajstić information content (AvgIpc) is 3.32. The fourth-order valence-corrected chi connectivity index (χ4v) is 5.31. The first-order chi connectivity index (χ1) is 16.1. The lowest BCUT2D eigenvalue weighted by Gasteiger charge is -2.34. The van der Waals surface area contributed by atoms with Crippen LogP contribution in [0, 0.1) is 11.8 Å². The van der Waals surface area contributed by atoms with Crippen LogP contribution in [0.4, 0.5) is 0 Å². The number of aliphatic hydroxyl groups excluding tert-OH is 1. The molecule has 4 aliphatic rings. The van der Waals surface area contributed by atoms with E-state index in [2.05, 4.69) is 0 Å². The van der Waals surface area contributed by atoms with Gasteiger partial charge < -0.3 is 33.5 Å². The number of carbonyl (C=O) groups excluding carboxylic acids is 1. The van der Waals surface area contributed by atoms with Gasteiger partial charge in [0.25, 0.3) is 0 Å².